The first-order valence-corrected chi connectivity index (χ1v) is 14.6. The Bertz CT molecular complexity index is 1520. The maximum atomic E-state index is 11.9. The quantitative estimate of drug-likeness (QED) is 0.256. The summed E-state index contributed by atoms with van der Waals surface area (Å²) >= 11 is 0. The second-order valence-corrected chi connectivity index (χ2v) is 11.0. The van der Waals surface area contributed by atoms with Crippen LogP contribution in [0.2, 0.25) is 0 Å². The van der Waals surface area contributed by atoms with E-state index < -0.39 is 11.8 Å². The lowest BCUT2D eigenvalue weighted by Gasteiger charge is -2.43. The van der Waals surface area contributed by atoms with E-state index in [2.05, 4.69) is 29.2 Å². The minimum Gasteiger partial charge on any atom is -0.497 e. The minimum absolute atomic E-state index is 0.624. The number of fused-ring (bicyclic) bond motifs is 3. The number of aliphatic hydroxyl groups is 1. The van der Waals surface area contributed by atoms with Crippen LogP contribution in [0.15, 0.2) is 66.7 Å². The highest BCUT2D eigenvalue weighted by Gasteiger charge is 2.46. The van der Waals surface area contributed by atoms with Crippen LogP contribution in [0.4, 0.5) is 0 Å². The zero-order chi connectivity index (χ0) is 29.3. The van der Waals surface area contributed by atoms with E-state index in [9.17, 15) is 5.11 Å². The number of aryl methyl sites for hydroxylation is 1. The highest BCUT2D eigenvalue weighted by molar-refractivity contribution is 5.89. The summed E-state index contributed by atoms with van der Waals surface area (Å²) in [7, 11) is 6.60. The Morgan fingerprint density at radius 1 is 0.762 bits per heavy atom. The zero-order valence-corrected chi connectivity index (χ0v) is 24.8. The predicted molar refractivity (Wildman–Crippen MR) is 163 cm³/mol. The van der Waals surface area contributed by atoms with E-state index in [4.69, 9.17) is 23.7 Å². The molecular formula is C35H39NO6. The van der Waals surface area contributed by atoms with Crippen LogP contribution in [-0.4, -0.2) is 51.5 Å². The SMILES string of the molecule is COc1ccc(C2(c3ccc(OC)cc3OC)CCc3c(c(C(O)N4CCCCC4)cc4ccccc34)O2)c(OC)c1. The van der Waals surface area contributed by atoms with Crippen molar-refractivity contribution in [2.45, 2.75) is 43.9 Å². The molecule has 6 rings (SSSR count). The van der Waals surface area contributed by atoms with Gasteiger partial charge in [-0.3, -0.25) is 4.90 Å². The zero-order valence-electron chi connectivity index (χ0n) is 24.8. The van der Waals surface area contributed by atoms with Crippen molar-refractivity contribution >= 4 is 10.8 Å². The lowest BCUT2D eigenvalue weighted by atomic mass is 9.77. The van der Waals surface area contributed by atoms with Crippen LogP contribution in [-0.2, 0) is 12.0 Å². The first-order chi connectivity index (χ1) is 20.5. The van der Waals surface area contributed by atoms with E-state index in [-0.39, 0.29) is 0 Å². The van der Waals surface area contributed by atoms with Crippen molar-refractivity contribution in [2.24, 2.45) is 0 Å². The van der Waals surface area contributed by atoms with Crippen molar-refractivity contribution in [1.82, 2.24) is 4.90 Å². The third-order valence-electron chi connectivity index (χ3n) is 8.84. The third-order valence-corrected chi connectivity index (χ3v) is 8.84. The average Bonchev–Trinajstić information content (AvgIpc) is 3.06. The summed E-state index contributed by atoms with van der Waals surface area (Å²) in [6.07, 6.45) is 3.90. The van der Waals surface area contributed by atoms with Gasteiger partial charge in [-0.2, -0.15) is 0 Å². The van der Waals surface area contributed by atoms with Crippen LogP contribution < -0.4 is 23.7 Å². The predicted octanol–water partition coefficient (Wildman–Crippen LogP) is 6.62. The monoisotopic (exact) mass is 569 g/mol. The molecule has 0 radical (unpaired) electrons. The molecule has 220 valence electrons. The summed E-state index contributed by atoms with van der Waals surface area (Å²) < 4.78 is 30.3. The normalized spacial score (nSPS) is 17.2. The molecule has 1 unspecified atom stereocenters. The number of benzene rings is 4. The van der Waals surface area contributed by atoms with Crippen LogP contribution in [0, 0.1) is 0 Å². The Labute approximate surface area is 247 Å². The maximum Gasteiger partial charge on any atom is 0.166 e. The van der Waals surface area contributed by atoms with E-state index >= 15 is 0 Å². The van der Waals surface area contributed by atoms with Crippen molar-refractivity contribution < 1.29 is 28.8 Å². The number of aliphatic hydroxyl groups excluding tert-OH is 1. The third kappa shape index (κ3) is 4.80. The van der Waals surface area contributed by atoms with Gasteiger partial charge in [0.1, 0.15) is 35.0 Å². The molecule has 42 heavy (non-hydrogen) atoms. The standard InChI is InChI=1S/C35H39NO6/c1-38-24-12-14-29(31(21-24)40-3)35(30-15-13-25(39-2)22-32(30)41-4)17-16-27-26-11-7-6-10-23(26)20-28(33(27)42-35)34(37)36-18-8-5-9-19-36/h6-7,10-15,20-22,34,37H,5,8-9,16-19H2,1-4H3. The lowest BCUT2D eigenvalue weighted by molar-refractivity contribution is -0.0154. The van der Waals surface area contributed by atoms with Crippen molar-refractivity contribution in [3.8, 4) is 28.7 Å². The first kappa shape index (κ1) is 28.2. The summed E-state index contributed by atoms with van der Waals surface area (Å²) in [6.45, 7) is 1.71. The van der Waals surface area contributed by atoms with Crippen molar-refractivity contribution in [3.63, 3.8) is 0 Å². The molecule has 1 atom stereocenters. The van der Waals surface area contributed by atoms with Gasteiger partial charge >= 0.3 is 0 Å². The number of ether oxygens (including phenoxy) is 5. The molecule has 0 aliphatic carbocycles. The first-order valence-electron chi connectivity index (χ1n) is 14.6. The number of nitrogens with zero attached hydrogens (tertiary/aromatic N) is 1. The van der Waals surface area contributed by atoms with Gasteiger partial charge in [0.15, 0.2) is 5.60 Å². The Kier molecular flexibility index (Phi) is 7.88. The Balaban J connectivity index is 1.61. The van der Waals surface area contributed by atoms with Crippen LogP contribution in [0.3, 0.4) is 0 Å². The molecule has 0 amide bonds. The fraction of sp³-hybridized carbons (Fsp3) is 0.371. The largest absolute Gasteiger partial charge is 0.497 e. The van der Waals surface area contributed by atoms with Gasteiger partial charge < -0.3 is 28.8 Å². The molecule has 1 N–H and O–H groups in total. The van der Waals surface area contributed by atoms with E-state index in [1.807, 2.05) is 42.5 Å². The molecule has 0 aromatic heterocycles. The molecule has 0 bridgehead atoms. The molecule has 1 fully saturated rings. The summed E-state index contributed by atoms with van der Waals surface area (Å²) in [6, 6.07) is 22.1. The molecule has 2 aliphatic rings. The Morgan fingerprint density at radius 3 is 1.98 bits per heavy atom. The number of hydrogen-bond acceptors (Lipinski definition) is 7. The number of hydrogen-bond donors (Lipinski definition) is 1. The molecule has 4 aromatic carbocycles. The molecular weight excluding hydrogens is 530 g/mol. The van der Waals surface area contributed by atoms with Crippen molar-refractivity contribution in [1.29, 1.82) is 0 Å². The Hall–Kier alpha value is -3.94. The number of methoxy groups -OCH3 is 4. The molecule has 2 aliphatic heterocycles. The van der Waals surface area contributed by atoms with Crippen LogP contribution >= 0.6 is 0 Å². The van der Waals surface area contributed by atoms with Crippen LogP contribution in [0.5, 0.6) is 28.7 Å². The smallest absolute Gasteiger partial charge is 0.166 e. The van der Waals surface area contributed by atoms with Gasteiger partial charge in [-0.15, -0.1) is 0 Å². The van der Waals surface area contributed by atoms with Gasteiger partial charge in [0.05, 0.1) is 28.4 Å². The van der Waals surface area contributed by atoms with E-state index in [0.29, 0.717) is 35.2 Å². The number of rotatable bonds is 8. The fourth-order valence-electron chi connectivity index (χ4n) is 6.66. The van der Waals surface area contributed by atoms with Gasteiger partial charge in [0, 0.05) is 53.9 Å². The van der Waals surface area contributed by atoms with Crippen LogP contribution in [0.1, 0.15) is 54.2 Å². The maximum absolute atomic E-state index is 11.9. The highest BCUT2D eigenvalue weighted by Crippen LogP contribution is 2.53. The Morgan fingerprint density at radius 2 is 1.38 bits per heavy atom. The molecule has 2 heterocycles. The fourth-order valence-corrected chi connectivity index (χ4v) is 6.66. The van der Waals surface area contributed by atoms with Crippen LogP contribution in [0.25, 0.3) is 10.8 Å². The van der Waals surface area contributed by atoms with Gasteiger partial charge in [-0.05, 0) is 60.4 Å². The van der Waals surface area contributed by atoms with E-state index in [1.165, 1.54) is 6.42 Å². The molecule has 0 spiro atoms. The van der Waals surface area contributed by atoms with E-state index in [1.54, 1.807) is 28.4 Å². The minimum atomic E-state index is -0.985. The molecule has 0 saturated carbocycles. The summed E-state index contributed by atoms with van der Waals surface area (Å²) in [5.74, 6) is 3.39. The summed E-state index contributed by atoms with van der Waals surface area (Å²) in [4.78, 5) is 2.16. The molecule has 1 saturated heterocycles. The average molecular weight is 570 g/mol. The summed E-state index contributed by atoms with van der Waals surface area (Å²) in [5.41, 5.74) is 2.61. The second-order valence-electron chi connectivity index (χ2n) is 11.0. The topological polar surface area (TPSA) is 69.6 Å². The van der Waals surface area contributed by atoms with Gasteiger partial charge in [0.2, 0.25) is 0 Å². The lowest BCUT2D eigenvalue weighted by Crippen LogP contribution is -2.40. The second kappa shape index (κ2) is 11.7. The highest BCUT2D eigenvalue weighted by atomic mass is 16.5. The summed E-state index contributed by atoms with van der Waals surface area (Å²) in [5, 5.41) is 14.1. The molecule has 7 heteroatoms. The molecule has 4 aromatic rings. The van der Waals surface area contributed by atoms with Gasteiger partial charge in [0.25, 0.3) is 0 Å². The number of piperidine rings is 1. The molecule has 7 nitrogen and oxygen atoms in total. The van der Waals surface area contributed by atoms with Gasteiger partial charge in [-0.1, -0.05) is 30.7 Å². The number of likely N-dealkylation sites (tertiary alicyclic amines) is 1. The van der Waals surface area contributed by atoms with E-state index in [0.717, 1.165) is 65.4 Å². The van der Waals surface area contributed by atoms with Crippen molar-refractivity contribution in [3.05, 3.63) is 89.0 Å². The van der Waals surface area contributed by atoms with Crippen molar-refractivity contribution in [2.75, 3.05) is 41.5 Å². The van der Waals surface area contributed by atoms with Gasteiger partial charge in [-0.25, -0.2) is 0 Å².